The second-order valence-corrected chi connectivity index (χ2v) is 4.24. The molecule has 0 radical (unpaired) electrons. The first-order valence-electron chi connectivity index (χ1n) is 5.22. The maximum atomic E-state index is 12.3. The minimum absolute atomic E-state index is 0.0105. The van der Waals surface area contributed by atoms with E-state index in [1.54, 1.807) is 13.8 Å². The van der Waals surface area contributed by atoms with Crippen molar-refractivity contribution in [1.29, 1.82) is 0 Å². The number of nitrogens with two attached hydrogens (primary N) is 1. The number of carbonyl (C=O) groups is 1. The van der Waals surface area contributed by atoms with Crippen LogP contribution in [0.4, 0.5) is 13.2 Å². The third-order valence-corrected chi connectivity index (χ3v) is 1.92. The van der Waals surface area contributed by atoms with Gasteiger partial charge in [0.25, 0.3) is 0 Å². The number of amides is 1. The molecule has 0 heterocycles. The zero-order chi connectivity index (χ0) is 13.6. The van der Waals surface area contributed by atoms with Crippen LogP contribution in [0.1, 0.15) is 20.3 Å². The largest absolute Gasteiger partial charge is 0.406 e. The van der Waals surface area contributed by atoms with E-state index in [0.29, 0.717) is 4.90 Å². The molecule has 0 bridgehead atoms. The molecule has 1 atom stereocenters. The normalized spacial score (nSPS) is 13.3. The summed E-state index contributed by atoms with van der Waals surface area (Å²) in [7, 11) is 0. The molecule has 17 heavy (non-hydrogen) atoms. The fraction of sp³-hybridized carbons (Fsp3) is 0.727. The average molecular weight is 250 g/mol. The van der Waals surface area contributed by atoms with Gasteiger partial charge in [-0.05, 0) is 5.92 Å². The highest BCUT2D eigenvalue weighted by atomic mass is 19.4. The Hall–Kier alpha value is -1.22. The van der Waals surface area contributed by atoms with Gasteiger partial charge in [0.05, 0.1) is 6.04 Å². The van der Waals surface area contributed by atoms with E-state index in [-0.39, 0.29) is 18.9 Å². The predicted molar refractivity (Wildman–Crippen MR) is 58.9 cm³/mol. The van der Waals surface area contributed by atoms with Crippen molar-refractivity contribution in [3.63, 3.8) is 0 Å². The Morgan fingerprint density at radius 1 is 1.47 bits per heavy atom. The number of rotatable bonds is 5. The molecule has 6 heteroatoms. The number of alkyl halides is 3. The molecule has 0 aromatic carbocycles. The fourth-order valence-electron chi connectivity index (χ4n) is 1.34. The molecule has 0 aromatic heterocycles. The van der Waals surface area contributed by atoms with E-state index in [4.69, 9.17) is 12.2 Å². The minimum Gasteiger partial charge on any atom is -0.332 e. The Balaban J connectivity index is 4.68. The maximum Gasteiger partial charge on any atom is 0.406 e. The van der Waals surface area contributed by atoms with Crippen LogP contribution >= 0.6 is 0 Å². The summed E-state index contributed by atoms with van der Waals surface area (Å²) in [5.41, 5.74) is 5.42. The standard InChI is InChI=1S/C11H17F3N2O/c1-4-5-9(15)10(17)16(6-8(2)3)7-11(12,13)14/h1,8-9H,5-7,15H2,2-3H3. The lowest BCUT2D eigenvalue weighted by atomic mass is 10.1. The van der Waals surface area contributed by atoms with E-state index in [1.807, 2.05) is 0 Å². The van der Waals surface area contributed by atoms with Crippen molar-refractivity contribution in [2.75, 3.05) is 13.1 Å². The van der Waals surface area contributed by atoms with Gasteiger partial charge in [0.2, 0.25) is 5.91 Å². The zero-order valence-corrected chi connectivity index (χ0v) is 9.92. The highest BCUT2D eigenvalue weighted by Crippen LogP contribution is 2.18. The van der Waals surface area contributed by atoms with Crippen LogP contribution in [-0.4, -0.2) is 36.1 Å². The van der Waals surface area contributed by atoms with Gasteiger partial charge in [0.1, 0.15) is 6.54 Å². The van der Waals surface area contributed by atoms with Gasteiger partial charge in [-0.2, -0.15) is 13.2 Å². The third kappa shape index (κ3) is 6.84. The fourth-order valence-corrected chi connectivity index (χ4v) is 1.34. The number of hydrogen-bond acceptors (Lipinski definition) is 2. The summed E-state index contributed by atoms with van der Waals surface area (Å²) in [6.07, 6.45) is 0.479. The van der Waals surface area contributed by atoms with Crippen molar-refractivity contribution in [2.24, 2.45) is 11.7 Å². The molecule has 0 aliphatic carbocycles. The maximum absolute atomic E-state index is 12.3. The third-order valence-electron chi connectivity index (χ3n) is 1.92. The zero-order valence-electron chi connectivity index (χ0n) is 9.92. The van der Waals surface area contributed by atoms with Crippen molar-refractivity contribution < 1.29 is 18.0 Å². The Bertz CT molecular complexity index is 294. The Morgan fingerprint density at radius 2 is 2.00 bits per heavy atom. The summed E-state index contributed by atoms with van der Waals surface area (Å²) in [5.74, 6) is 1.34. The highest BCUT2D eigenvalue weighted by Gasteiger charge is 2.34. The first-order valence-corrected chi connectivity index (χ1v) is 5.22. The molecule has 0 saturated heterocycles. The molecule has 2 N–H and O–H groups in total. The van der Waals surface area contributed by atoms with Crippen molar-refractivity contribution in [3.8, 4) is 12.3 Å². The highest BCUT2D eigenvalue weighted by molar-refractivity contribution is 5.82. The molecular formula is C11H17F3N2O. The first-order chi connectivity index (χ1) is 7.67. The van der Waals surface area contributed by atoms with Crippen LogP contribution in [0.25, 0.3) is 0 Å². The van der Waals surface area contributed by atoms with Gasteiger partial charge < -0.3 is 10.6 Å². The van der Waals surface area contributed by atoms with Crippen molar-refractivity contribution in [2.45, 2.75) is 32.5 Å². The molecule has 1 amide bonds. The summed E-state index contributed by atoms with van der Waals surface area (Å²) in [6, 6.07) is -1.07. The topological polar surface area (TPSA) is 46.3 Å². The smallest absolute Gasteiger partial charge is 0.332 e. The molecule has 0 saturated carbocycles. The summed E-state index contributed by atoms with van der Waals surface area (Å²) in [4.78, 5) is 12.4. The van der Waals surface area contributed by atoms with E-state index in [0.717, 1.165) is 0 Å². The summed E-state index contributed by atoms with van der Waals surface area (Å²) < 4.78 is 36.9. The molecular weight excluding hydrogens is 233 g/mol. The summed E-state index contributed by atoms with van der Waals surface area (Å²) in [5, 5.41) is 0. The van der Waals surface area contributed by atoms with Gasteiger partial charge >= 0.3 is 6.18 Å². The molecule has 3 nitrogen and oxygen atoms in total. The molecule has 0 fully saturated rings. The Kier molecular flexibility index (Phi) is 6.03. The summed E-state index contributed by atoms with van der Waals surface area (Å²) >= 11 is 0. The van der Waals surface area contributed by atoms with Crippen molar-refractivity contribution >= 4 is 5.91 Å². The number of terminal acetylenes is 1. The van der Waals surface area contributed by atoms with Crippen LogP contribution in [0.2, 0.25) is 0 Å². The van der Waals surface area contributed by atoms with E-state index < -0.39 is 24.7 Å². The molecule has 0 aliphatic heterocycles. The minimum atomic E-state index is -4.43. The van der Waals surface area contributed by atoms with Crippen LogP contribution in [0.15, 0.2) is 0 Å². The lowest BCUT2D eigenvalue weighted by molar-refractivity contribution is -0.162. The summed E-state index contributed by atoms with van der Waals surface area (Å²) in [6.45, 7) is 2.17. The lowest BCUT2D eigenvalue weighted by Gasteiger charge is -2.27. The van der Waals surface area contributed by atoms with Gasteiger partial charge in [-0.1, -0.05) is 13.8 Å². The van der Waals surface area contributed by atoms with Crippen LogP contribution < -0.4 is 5.73 Å². The molecule has 98 valence electrons. The van der Waals surface area contributed by atoms with E-state index in [9.17, 15) is 18.0 Å². The Morgan fingerprint density at radius 3 is 2.35 bits per heavy atom. The lowest BCUT2D eigenvalue weighted by Crippen LogP contribution is -2.48. The monoisotopic (exact) mass is 250 g/mol. The van der Waals surface area contributed by atoms with Gasteiger partial charge in [-0.15, -0.1) is 12.3 Å². The van der Waals surface area contributed by atoms with Gasteiger partial charge in [-0.25, -0.2) is 0 Å². The second kappa shape index (κ2) is 6.50. The van der Waals surface area contributed by atoms with Crippen LogP contribution in [0.5, 0.6) is 0 Å². The molecule has 0 aliphatic rings. The van der Waals surface area contributed by atoms with Crippen LogP contribution in [-0.2, 0) is 4.79 Å². The number of nitrogens with zero attached hydrogens (tertiary/aromatic N) is 1. The van der Waals surface area contributed by atoms with Gasteiger partial charge in [-0.3, -0.25) is 4.79 Å². The molecule has 0 spiro atoms. The van der Waals surface area contributed by atoms with E-state index in [2.05, 4.69) is 5.92 Å². The first kappa shape index (κ1) is 15.8. The van der Waals surface area contributed by atoms with Crippen LogP contribution in [0, 0.1) is 18.3 Å². The average Bonchev–Trinajstić information content (AvgIpc) is 2.13. The SMILES string of the molecule is C#CCC(N)C(=O)N(CC(C)C)CC(F)(F)F. The van der Waals surface area contributed by atoms with Gasteiger partial charge in [0, 0.05) is 13.0 Å². The van der Waals surface area contributed by atoms with Crippen molar-refractivity contribution in [1.82, 2.24) is 4.90 Å². The number of carbonyl (C=O) groups excluding carboxylic acids is 1. The van der Waals surface area contributed by atoms with Crippen molar-refractivity contribution in [3.05, 3.63) is 0 Å². The second-order valence-electron chi connectivity index (χ2n) is 4.24. The predicted octanol–water partition coefficient (Wildman–Crippen LogP) is 1.38. The van der Waals surface area contributed by atoms with E-state index in [1.165, 1.54) is 0 Å². The quantitative estimate of drug-likeness (QED) is 0.749. The van der Waals surface area contributed by atoms with Crippen LogP contribution in [0.3, 0.4) is 0 Å². The Labute approximate surface area is 99.1 Å². The number of halogens is 3. The molecule has 0 rings (SSSR count). The molecule has 1 unspecified atom stereocenters. The number of hydrogen-bond donors (Lipinski definition) is 1. The van der Waals surface area contributed by atoms with Gasteiger partial charge in [0.15, 0.2) is 0 Å². The van der Waals surface area contributed by atoms with E-state index >= 15 is 0 Å². The molecule has 0 aromatic rings.